The first-order chi connectivity index (χ1) is 17.3. The number of esters is 1. The Kier molecular flexibility index (Phi) is 8.09. The number of likely N-dealkylation sites (tertiary alicyclic amines) is 1. The maximum Gasteiger partial charge on any atom is 0.312 e. The summed E-state index contributed by atoms with van der Waals surface area (Å²) in [5.74, 6) is -2.56. The highest BCUT2D eigenvalue weighted by atomic mass is 16.6. The third-order valence-corrected chi connectivity index (χ3v) is 8.58. The zero-order valence-corrected chi connectivity index (χ0v) is 21.8. The fraction of sp³-hybridized carbons (Fsp3) is 0.808. The molecule has 0 saturated carbocycles. The number of amides is 2. The maximum atomic E-state index is 14.3. The van der Waals surface area contributed by atoms with E-state index >= 15 is 0 Å². The van der Waals surface area contributed by atoms with Crippen molar-refractivity contribution in [1.82, 2.24) is 14.7 Å². The summed E-state index contributed by atoms with van der Waals surface area (Å²) in [7, 11) is 0. The van der Waals surface area contributed by atoms with E-state index in [1.54, 1.807) is 24.8 Å². The molecule has 2 bridgehead atoms. The zero-order valence-electron chi connectivity index (χ0n) is 21.8. The lowest BCUT2D eigenvalue weighted by Crippen LogP contribution is -2.59. The molecule has 4 rings (SSSR count). The van der Waals surface area contributed by atoms with E-state index in [-0.39, 0.29) is 25.0 Å². The summed E-state index contributed by atoms with van der Waals surface area (Å²) in [6.45, 7) is 13.6. The number of rotatable bonds is 11. The van der Waals surface area contributed by atoms with Gasteiger partial charge in [0, 0.05) is 32.7 Å². The molecule has 202 valence electrons. The summed E-state index contributed by atoms with van der Waals surface area (Å²) < 4.78 is 17.5. The van der Waals surface area contributed by atoms with E-state index < -0.39 is 41.1 Å². The molecule has 6 atom stereocenters. The second kappa shape index (κ2) is 10.8. The van der Waals surface area contributed by atoms with Gasteiger partial charge in [0.1, 0.15) is 17.6 Å². The number of aliphatic hydroxyl groups excluding tert-OH is 1. The minimum Gasteiger partial charge on any atom is -0.466 e. The number of hydrogen-bond acceptors (Lipinski definition) is 8. The van der Waals surface area contributed by atoms with Gasteiger partial charge in [-0.2, -0.15) is 0 Å². The van der Waals surface area contributed by atoms with Gasteiger partial charge in [-0.25, -0.2) is 0 Å². The van der Waals surface area contributed by atoms with Crippen molar-refractivity contribution in [2.24, 2.45) is 11.8 Å². The summed E-state index contributed by atoms with van der Waals surface area (Å²) in [6.07, 6.45) is 3.32. The molecule has 2 amide bonds. The minimum atomic E-state index is -1.12. The molecule has 0 radical (unpaired) electrons. The highest BCUT2D eigenvalue weighted by molar-refractivity contribution is 5.98. The van der Waals surface area contributed by atoms with Crippen LogP contribution in [0.1, 0.15) is 40.0 Å². The summed E-state index contributed by atoms with van der Waals surface area (Å²) in [6, 6.07) is -1.52. The van der Waals surface area contributed by atoms with Gasteiger partial charge in [-0.15, -0.1) is 6.58 Å². The van der Waals surface area contributed by atoms with Crippen LogP contribution < -0.4 is 0 Å². The monoisotopic (exact) mass is 507 g/mol. The van der Waals surface area contributed by atoms with Crippen LogP contribution in [0, 0.1) is 11.8 Å². The number of fused-ring (bicyclic) bond motifs is 1. The molecule has 4 aliphatic rings. The van der Waals surface area contributed by atoms with Crippen LogP contribution in [0.4, 0.5) is 0 Å². The lowest BCUT2D eigenvalue weighted by molar-refractivity contribution is -0.163. The third-order valence-electron chi connectivity index (χ3n) is 8.58. The van der Waals surface area contributed by atoms with E-state index in [0.717, 1.165) is 13.1 Å². The van der Waals surface area contributed by atoms with Crippen LogP contribution >= 0.6 is 0 Å². The molecule has 4 saturated heterocycles. The number of carbonyl (C=O) groups excluding carboxylic acids is 3. The molecule has 4 aliphatic heterocycles. The number of nitrogens with zero attached hydrogens (tertiary/aromatic N) is 3. The van der Waals surface area contributed by atoms with Gasteiger partial charge in [-0.1, -0.05) is 13.0 Å². The number of aliphatic hydroxyl groups is 1. The fourth-order valence-corrected chi connectivity index (χ4v) is 6.80. The van der Waals surface area contributed by atoms with Crippen molar-refractivity contribution in [3.8, 4) is 0 Å². The lowest BCUT2D eigenvalue weighted by atomic mass is 9.65. The second-order valence-electron chi connectivity index (χ2n) is 10.4. The molecule has 10 nitrogen and oxygen atoms in total. The molecular formula is C26H41N3O7. The van der Waals surface area contributed by atoms with Gasteiger partial charge in [-0.05, 0) is 33.1 Å². The predicted molar refractivity (Wildman–Crippen MR) is 131 cm³/mol. The van der Waals surface area contributed by atoms with E-state index in [1.165, 1.54) is 4.90 Å². The van der Waals surface area contributed by atoms with E-state index in [1.807, 2.05) is 6.92 Å². The summed E-state index contributed by atoms with van der Waals surface area (Å²) in [4.78, 5) is 46.9. The molecule has 1 spiro atoms. The largest absolute Gasteiger partial charge is 0.466 e. The first-order valence-corrected chi connectivity index (χ1v) is 13.3. The molecule has 2 unspecified atom stereocenters. The fourth-order valence-electron chi connectivity index (χ4n) is 6.80. The average molecular weight is 508 g/mol. The van der Waals surface area contributed by atoms with E-state index in [4.69, 9.17) is 14.2 Å². The average Bonchev–Trinajstić information content (AvgIpc) is 3.50. The Morgan fingerprint density at radius 2 is 2.03 bits per heavy atom. The SMILES string of the molecule is C=CCN(CCN1CCOCC1)C(=O)C1N([C@H](C)CO)C(=O)[C@@H]2[C@@H](C(=O)OCC)[C@@]3(CC)CCC12O3. The molecule has 10 heteroatoms. The Balaban J connectivity index is 1.69. The zero-order chi connectivity index (χ0) is 26.1. The van der Waals surface area contributed by atoms with E-state index in [0.29, 0.717) is 52.1 Å². The Labute approximate surface area is 213 Å². The highest BCUT2D eigenvalue weighted by Crippen LogP contribution is 2.64. The van der Waals surface area contributed by atoms with Gasteiger partial charge < -0.3 is 29.1 Å². The molecular weight excluding hydrogens is 466 g/mol. The molecule has 0 aromatic carbocycles. The topological polar surface area (TPSA) is 109 Å². The van der Waals surface area contributed by atoms with Crippen molar-refractivity contribution in [2.75, 3.05) is 59.2 Å². The Morgan fingerprint density at radius 1 is 1.31 bits per heavy atom. The third kappa shape index (κ3) is 4.25. The Bertz CT molecular complexity index is 862. The van der Waals surface area contributed by atoms with E-state index in [9.17, 15) is 19.5 Å². The van der Waals surface area contributed by atoms with Gasteiger partial charge >= 0.3 is 5.97 Å². The molecule has 0 aromatic heterocycles. The molecule has 4 heterocycles. The predicted octanol–water partition coefficient (Wildman–Crippen LogP) is 0.432. The Morgan fingerprint density at radius 3 is 2.64 bits per heavy atom. The standard InChI is InChI=1S/C26H41N3O7/c1-5-10-28(12-11-27-13-15-34-16-14-27)23(32)21-26-9-8-25(6-2,36-26)20(24(33)35-7-3)19(26)22(31)29(21)18(4)17-30/h5,18-21,30H,1,6-17H2,2-4H3/t18-,19+,20+,21?,25-,26?/m1/s1. The maximum absolute atomic E-state index is 14.3. The van der Waals surface area contributed by atoms with Crippen LogP contribution in [-0.4, -0.2) is 120 Å². The molecule has 1 N–H and O–H groups in total. The molecule has 0 aliphatic carbocycles. The van der Waals surface area contributed by atoms with Gasteiger partial charge in [0.25, 0.3) is 0 Å². The van der Waals surface area contributed by atoms with Crippen LogP contribution in [0.5, 0.6) is 0 Å². The number of carbonyl (C=O) groups is 3. The van der Waals surface area contributed by atoms with Crippen molar-refractivity contribution in [3.05, 3.63) is 12.7 Å². The summed E-state index contributed by atoms with van der Waals surface area (Å²) in [5.41, 5.74) is -1.94. The lowest BCUT2D eigenvalue weighted by Gasteiger charge is -2.39. The highest BCUT2D eigenvalue weighted by Gasteiger charge is 2.79. The van der Waals surface area contributed by atoms with Crippen molar-refractivity contribution in [3.63, 3.8) is 0 Å². The molecule has 36 heavy (non-hydrogen) atoms. The molecule has 4 fully saturated rings. The van der Waals surface area contributed by atoms with Gasteiger partial charge in [0.05, 0.1) is 44.0 Å². The number of ether oxygens (including phenoxy) is 3. The quantitative estimate of drug-likeness (QED) is 0.317. The first-order valence-electron chi connectivity index (χ1n) is 13.3. The second-order valence-corrected chi connectivity index (χ2v) is 10.4. The normalized spacial score (nSPS) is 34.5. The smallest absolute Gasteiger partial charge is 0.312 e. The van der Waals surface area contributed by atoms with Crippen LogP contribution in [-0.2, 0) is 28.6 Å². The van der Waals surface area contributed by atoms with Crippen molar-refractivity contribution in [1.29, 1.82) is 0 Å². The van der Waals surface area contributed by atoms with Crippen molar-refractivity contribution in [2.45, 2.75) is 63.3 Å². The first kappa shape index (κ1) is 27.0. The van der Waals surface area contributed by atoms with Crippen molar-refractivity contribution < 1.29 is 33.7 Å². The van der Waals surface area contributed by atoms with Crippen LogP contribution in [0.25, 0.3) is 0 Å². The van der Waals surface area contributed by atoms with Gasteiger partial charge in [-0.3, -0.25) is 19.3 Å². The molecule has 0 aromatic rings. The summed E-state index contributed by atoms with van der Waals surface area (Å²) >= 11 is 0. The van der Waals surface area contributed by atoms with E-state index in [2.05, 4.69) is 11.5 Å². The van der Waals surface area contributed by atoms with Crippen LogP contribution in [0.15, 0.2) is 12.7 Å². The Hall–Kier alpha value is -2.01. The summed E-state index contributed by atoms with van der Waals surface area (Å²) in [5, 5.41) is 10.0. The van der Waals surface area contributed by atoms with Gasteiger partial charge in [0.15, 0.2) is 0 Å². The van der Waals surface area contributed by atoms with Crippen LogP contribution in [0.3, 0.4) is 0 Å². The van der Waals surface area contributed by atoms with Crippen LogP contribution in [0.2, 0.25) is 0 Å². The van der Waals surface area contributed by atoms with Crippen molar-refractivity contribution >= 4 is 17.8 Å². The minimum absolute atomic E-state index is 0.205. The number of hydrogen-bond donors (Lipinski definition) is 1. The van der Waals surface area contributed by atoms with Gasteiger partial charge in [0.2, 0.25) is 11.8 Å². The number of morpholine rings is 1.